The monoisotopic (exact) mass is 278 g/mol. The normalized spacial score (nSPS) is 26.4. The number of rotatable bonds is 3. The van der Waals surface area contributed by atoms with Gasteiger partial charge < -0.3 is 15.4 Å². The third-order valence-electron chi connectivity index (χ3n) is 4.50. The lowest BCUT2D eigenvalue weighted by Crippen LogP contribution is -2.53. The molecule has 2 aliphatic rings. The van der Waals surface area contributed by atoms with Crippen LogP contribution < -0.4 is 10.6 Å². The van der Waals surface area contributed by atoms with Crippen LogP contribution in [0.5, 0.6) is 0 Å². The number of morpholine rings is 1. The second-order valence-electron chi connectivity index (χ2n) is 5.74. The van der Waals surface area contributed by atoms with Gasteiger partial charge in [-0.25, -0.2) is 4.39 Å². The number of benzene rings is 1. The van der Waals surface area contributed by atoms with Crippen molar-refractivity contribution in [2.45, 2.75) is 44.2 Å². The fourth-order valence-corrected chi connectivity index (χ4v) is 3.61. The maximum atomic E-state index is 14.4. The number of nitrogens with two attached hydrogens (primary N) is 1. The van der Waals surface area contributed by atoms with Gasteiger partial charge in [0.25, 0.3) is 0 Å². The first kappa shape index (κ1) is 13.8. The minimum atomic E-state index is -0.123. The number of para-hydroxylation sites is 1. The standard InChI is InChI=1S/C16H23FN2O/c17-13-5-3-4-12(8-9-18)16(13)19-10-11-20-15-7-2-1-6-14(15)19/h3-5,14-15H,1-2,6-11,18H2. The fourth-order valence-electron chi connectivity index (χ4n) is 3.61. The van der Waals surface area contributed by atoms with Gasteiger partial charge in [-0.05, 0) is 37.4 Å². The van der Waals surface area contributed by atoms with Crippen molar-refractivity contribution in [3.05, 3.63) is 29.6 Å². The summed E-state index contributed by atoms with van der Waals surface area (Å²) < 4.78 is 20.3. The topological polar surface area (TPSA) is 38.5 Å². The number of ether oxygens (including phenoxy) is 1. The first-order chi connectivity index (χ1) is 9.81. The van der Waals surface area contributed by atoms with Crippen LogP contribution in [0.1, 0.15) is 31.2 Å². The van der Waals surface area contributed by atoms with E-state index in [9.17, 15) is 4.39 Å². The summed E-state index contributed by atoms with van der Waals surface area (Å²) in [5.74, 6) is -0.123. The number of anilines is 1. The second-order valence-corrected chi connectivity index (χ2v) is 5.74. The minimum absolute atomic E-state index is 0.123. The van der Waals surface area contributed by atoms with Crippen LogP contribution >= 0.6 is 0 Å². The van der Waals surface area contributed by atoms with E-state index in [2.05, 4.69) is 4.90 Å². The third-order valence-corrected chi connectivity index (χ3v) is 4.50. The molecule has 3 nitrogen and oxygen atoms in total. The number of fused-ring (bicyclic) bond motifs is 1. The van der Waals surface area contributed by atoms with Crippen molar-refractivity contribution in [2.75, 3.05) is 24.6 Å². The highest BCUT2D eigenvalue weighted by atomic mass is 19.1. The molecule has 110 valence electrons. The second kappa shape index (κ2) is 6.10. The zero-order chi connectivity index (χ0) is 13.9. The highest BCUT2D eigenvalue weighted by Gasteiger charge is 2.35. The van der Waals surface area contributed by atoms with Crippen molar-refractivity contribution in [1.82, 2.24) is 0 Å². The number of hydrogen-bond acceptors (Lipinski definition) is 3. The van der Waals surface area contributed by atoms with Gasteiger partial charge in [-0.15, -0.1) is 0 Å². The lowest BCUT2D eigenvalue weighted by atomic mass is 9.89. The lowest BCUT2D eigenvalue weighted by Gasteiger charge is -2.45. The Kier molecular flexibility index (Phi) is 4.22. The van der Waals surface area contributed by atoms with E-state index in [4.69, 9.17) is 10.5 Å². The van der Waals surface area contributed by atoms with Crippen LogP contribution in [0.3, 0.4) is 0 Å². The molecule has 2 fully saturated rings. The summed E-state index contributed by atoms with van der Waals surface area (Å²) >= 11 is 0. The molecule has 0 radical (unpaired) electrons. The highest BCUT2D eigenvalue weighted by molar-refractivity contribution is 5.56. The Morgan fingerprint density at radius 3 is 3.00 bits per heavy atom. The highest BCUT2D eigenvalue weighted by Crippen LogP contribution is 2.35. The Bertz CT molecular complexity index is 464. The van der Waals surface area contributed by atoms with Crippen LogP contribution in [-0.4, -0.2) is 31.8 Å². The van der Waals surface area contributed by atoms with Crippen molar-refractivity contribution in [3.63, 3.8) is 0 Å². The largest absolute Gasteiger partial charge is 0.374 e. The van der Waals surface area contributed by atoms with Crippen LogP contribution in [0.15, 0.2) is 18.2 Å². The first-order valence-electron chi connectivity index (χ1n) is 7.67. The molecule has 1 aromatic carbocycles. The predicted molar refractivity (Wildman–Crippen MR) is 78.5 cm³/mol. The average Bonchev–Trinajstić information content (AvgIpc) is 2.48. The molecule has 1 saturated carbocycles. The van der Waals surface area contributed by atoms with E-state index in [1.165, 1.54) is 12.8 Å². The molecule has 1 saturated heterocycles. The third kappa shape index (κ3) is 2.54. The van der Waals surface area contributed by atoms with Crippen molar-refractivity contribution in [2.24, 2.45) is 5.73 Å². The molecule has 2 atom stereocenters. The summed E-state index contributed by atoms with van der Waals surface area (Å²) in [6.07, 6.45) is 5.62. The van der Waals surface area contributed by atoms with Crippen LogP contribution in [0.25, 0.3) is 0 Å². The van der Waals surface area contributed by atoms with Gasteiger partial charge in [-0.1, -0.05) is 25.0 Å². The van der Waals surface area contributed by atoms with Crippen LogP contribution in [-0.2, 0) is 11.2 Å². The summed E-state index contributed by atoms with van der Waals surface area (Å²) in [7, 11) is 0. The Morgan fingerprint density at radius 1 is 1.30 bits per heavy atom. The molecule has 0 aromatic heterocycles. The summed E-state index contributed by atoms with van der Waals surface area (Å²) in [5, 5.41) is 0. The molecule has 4 heteroatoms. The van der Waals surface area contributed by atoms with Gasteiger partial charge in [0.05, 0.1) is 24.4 Å². The van der Waals surface area contributed by atoms with Crippen molar-refractivity contribution in [3.8, 4) is 0 Å². The van der Waals surface area contributed by atoms with Gasteiger partial charge >= 0.3 is 0 Å². The summed E-state index contributed by atoms with van der Waals surface area (Å²) in [6.45, 7) is 2.02. The molecule has 1 aliphatic carbocycles. The summed E-state index contributed by atoms with van der Waals surface area (Å²) in [4.78, 5) is 2.24. The number of hydrogen-bond donors (Lipinski definition) is 1. The minimum Gasteiger partial charge on any atom is -0.374 e. The van der Waals surface area contributed by atoms with E-state index in [1.807, 2.05) is 6.07 Å². The van der Waals surface area contributed by atoms with Crippen molar-refractivity contribution >= 4 is 5.69 Å². The molecule has 0 amide bonds. The van der Waals surface area contributed by atoms with Gasteiger partial charge in [-0.2, -0.15) is 0 Å². The Hall–Kier alpha value is -1.13. The molecule has 2 unspecified atom stereocenters. The Labute approximate surface area is 119 Å². The molecule has 2 N–H and O–H groups in total. The molecule has 1 aromatic rings. The maximum absolute atomic E-state index is 14.4. The van der Waals surface area contributed by atoms with Crippen LogP contribution in [0.2, 0.25) is 0 Å². The SMILES string of the molecule is NCCc1cccc(F)c1N1CCOC2CCCCC21. The van der Waals surface area contributed by atoms with E-state index < -0.39 is 0 Å². The quantitative estimate of drug-likeness (QED) is 0.923. The smallest absolute Gasteiger partial charge is 0.146 e. The van der Waals surface area contributed by atoms with Crippen molar-refractivity contribution < 1.29 is 9.13 Å². The molecule has 1 heterocycles. The molecule has 3 rings (SSSR count). The predicted octanol–water partition coefficient (Wildman–Crippen LogP) is 2.47. The molecule has 0 spiro atoms. The summed E-state index contributed by atoms with van der Waals surface area (Å²) in [6, 6.07) is 5.66. The Balaban J connectivity index is 1.94. The Morgan fingerprint density at radius 2 is 2.15 bits per heavy atom. The summed E-state index contributed by atoms with van der Waals surface area (Å²) in [5.41, 5.74) is 7.46. The van der Waals surface area contributed by atoms with E-state index in [1.54, 1.807) is 12.1 Å². The zero-order valence-corrected chi connectivity index (χ0v) is 11.9. The molecule has 0 bridgehead atoms. The van der Waals surface area contributed by atoms with Crippen LogP contribution in [0, 0.1) is 5.82 Å². The molecular weight excluding hydrogens is 255 g/mol. The van der Waals surface area contributed by atoms with Crippen molar-refractivity contribution in [1.29, 1.82) is 0 Å². The van der Waals surface area contributed by atoms with E-state index in [0.717, 1.165) is 37.1 Å². The molecule has 20 heavy (non-hydrogen) atoms. The van der Waals surface area contributed by atoms with Gasteiger partial charge in [0, 0.05) is 6.54 Å². The molecule has 1 aliphatic heterocycles. The van der Waals surface area contributed by atoms with Gasteiger partial charge in [-0.3, -0.25) is 0 Å². The number of nitrogens with zero attached hydrogens (tertiary/aromatic N) is 1. The fraction of sp³-hybridized carbons (Fsp3) is 0.625. The number of halogens is 1. The van der Waals surface area contributed by atoms with Gasteiger partial charge in [0.15, 0.2) is 0 Å². The first-order valence-corrected chi connectivity index (χ1v) is 7.67. The zero-order valence-electron chi connectivity index (χ0n) is 11.9. The van der Waals surface area contributed by atoms with Crippen LogP contribution in [0.4, 0.5) is 10.1 Å². The molecular formula is C16H23FN2O. The maximum Gasteiger partial charge on any atom is 0.146 e. The van der Waals surface area contributed by atoms with E-state index >= 15 is 0 Å². The van der Waals surface area contributed by atoms with E-state index in [-0.39, 0.29) is 11.9 Å². The van der Waals surface area contributed by atoms with E-state index in [0.29, 0.717) is 19.2 Å². The van der Waals surface area contributed by atoms with Gasteiger partial charge in [0.1, 0.15) is 5.82 Å². The lowest BCUT2D eigenvalue weighted by molar-refractivity contribution is -0.00897. The average molecular weight is 278 g/mol. The van der Waals surface area contributed by atoms with Gasteiger partial charge in [0.2, 0.25) is 0 Å².